The number of hydrogen-bond acceptors (Lipinski definition) is 4. The lowest BCUT2D eigenvalue weighted by atomic mass is 10.1. The number of ether oxygens (including phenoxy) is 1. The Hall–Kier alpha value is -3.15. The molecule has 0 unspecified atom stereocenters. The summed E-state index contributed by atoms with van der Waals surface area (Å²) >= 11 is 0. The van der Waals surface area contributed by atoms with Crippen LogP contribution in [0.25, 0.3) is 11.0 Å². The van der Waals surface area contributed by atoms with Gasteiger partial charge in [0.1, 0.15) is 0 Å². The third-order valence-corrected chi connectivity index (χ3v) is 3.15. The van der Waals surface area contributed by atoms with E-state index in [1.54, 1.807) is 42.6 Å². The largest absolute Gasteiger partial charge is 0.493 e. The van der Waals surface area contributed by atoms with Crippen molar-refractivity contribution < 1.29 is 18.9 Å². The number of pyridine rings is 1. The van der Waals surface area contributed by atoms with E-state index in [4.69, 9.17) is 9.15 Å². The number of carbonyl (C=O) groups is 1. The van der Waals surface area contributed by atoms with E-state index in [9.17, 15) is 9.59 Å². The van der Waals surface area contributed by atoms with Crippen LogP contribution in [0.5, 0.6) is 5.75 Å². The number of hydrogen-bond donors (Lipinski definition) is 1. The molecule has 0 aliphatic carbocycles. The second-order valence-corrected chi connectivity index (χ2v) is 4.56. The minimum atomic E-state index is -0.717. The topological polar surface area (TPSA) is 82.7 Å². The summed E-state index contributed by atoms with van der Waals surface area (Å²) in [4.78, 5) is 27.1. The van der Waals surface area contributed by atoms with Crippen molar-refractivity contribution in [2.24, 2.45) is 0 Å². The molecule has 3 aromatic rings. The number of para-hydroxylation sites is 1. The van der Waals surface area contributed by atoms with Crippen LogP contribution in [-0.4, -0.2) is 13.0 Å². The smallest absolute Gasteiger partial charge is 0.351 e. The van der Waals surface area contributed by atoms with Gasteiger partial charge in [0, 0.05) is 11.5 Å². The third kappa shape index (κ3) is 2.54. The summed E-state index contributed by atoms with van der Waals surface area (Å²) in [5, 5.41) is 3.22. The van der Waals surface area contributed by atoms with Crippen LogP contribution in [0.1, 0.15) is 10.4 Å². The average molecular weight is 297 g/mol. The number of nitrogens with one attached hydrogen (secondary N) is 2. The summed E-state index contributed by atoms with van der Waals surface area (Å²) in [5.41, 5.74) is -0.471. The van der Waals surface area contributed by atoms with E-state index in [0.29, 0.717) is 22.5 Å². The third-order valence-electron chi connectivity index (χ3n) is 3.15. The molecule has 0 aliphatic rings. The Balaban J connectivity index is 2.02. The minimum absolute atomic E-state index is 0.0713. The maximum atomic E-state index is 12.2. The van der Waals surface area contributed by atoms with Gasteiger partial charge in [-0.3, -0.25) is 0 Å². The second-order valence-electron chi connectivity index (χ2n) is 4.56. The molecule has 0 aliphatic heterocycles. The van der Waals surface area contributed by atoms with Gasteiger partial charge in [0.25, 0.3) is 5.82 Å². The molecule has 0 saturated carbocycles. The lowest BCUT2D eigenvalue weighted by Gasteiger charge is -2.04. The molecule has 2 aromatic heterocycles. The Labute approximate surface area is 125 Å². The Morgan fingerprint density at radius 2 is 2.09 bits per heavy atom. The van der Waals surface area contributed by atoms with E-state index in [1.165, 1.54) is 13.2 Å². The molecule has 3 rings (SSSR count). The number of benzene rings is 1. The first-order valence-electron chi connectivity index (χ1n) is 6.58. The molecule has 6 heteroatoms. The maximum Gasteiger partial charge on any atom is 0.351 e. The van der Waals surface area contributed by atoms with E-state index in [-0.39, 0.29) is 5.56 Å². The minimum Gasteiger partial charge on any atom is -0.493 e. The van der Waals surface area contributed by atoms with E-state index < -0.39 is 11.5 Å². The Morgan fingerprint density at radius 3 is 2.82 bits per heavy atom. The van der Waals surface area contributed by atoms with Gasteiger partial charge >= 0.3 is 11.5 Å². The van der Waals surface area contributed by atoms with E-state index in [2.05, 4.69) is 10.3 Å². The SMILES string of the molecule is COc1cccc2cc(C(=O)Nc3cccc[nH+]3)c(=O)oc12. The predicted molar refractivity (Wildman–Crippen MR) is 80.0 cm³/mol. The fraction of sp³-hybridized carbons (Fsp3) is 0.0625. The molecule has 0 fully saturated rings. The van der Waals surface area contributed by atoms with Crippen LogP contribution in [0, 0.1) is 0 Å². The number of H-pyrrole nitrogens is 1. The van der Waals surface area contributed by atoms with Crippen molar-refractivity contribution in [3.63, 3.8) is 0 Å². The first-order chi connectivity index (χ1) is 10.7. The van der Waals surface area contributed by atoms with Crippen LogP contribution >= 0.6 is 0 Å². The zero-order valence-corrected chi connectivity index (χ0v) is 11.8. The van der Waals surface area contributed by atoms with Crippen molar-refractivity contribution in [1.29, 1.82) is 0 Å². The van der Waals surface area contributed by atoms with Gasteiger partial charge in [-0.1, -0.05) is 18.2 Å². The molecule has 6 nitrogen and oxygen atoms in total. The van der Waals surface area contributed by atoms with Crippen LogP contribution in [0.3, 0.4) is 0 Å². The van der Waals surface area contributed by atoms with Gasteiger partial charge in [0.05, 0.1) is 13.3 Å². The van der Waals surface area contributed by atoms with E-state index >= 15 is 0 Å². The average Bonchev–Trinajstić information content (AvgIpc) is 2.54. The number of aromatic nitrogens is 1. The molecule has 2 heterocycles. The van der Waals surface area contributed by atoms with E-state index in [1.807, 2.05) is 0 Å². The Bertz CT molecular complexity index is 888. The maximum absolute atomic E-state index is 12.2. The lowest BCUT2D eigenvalue weighted by Crippen LogP contribution is -2.24. The molecule has 0 saturated heterocycles. The molecule has 1 aromatic carbocycles. The van der Waals surface area contributed by atoms with Crippen molar-refractivity contribution in [3.8, 4) is 5.75 Å². The number of carbonyl (C=O) groups excluding carboxylic acids is 1. The van der Waals surface area contributed by atoms with Crippen molar-refractivity contribution in [2.75, 3.05) is 12.4 Å². The fourth-order valence-corrected chi connectivity index (χ4v) is 2.10. The molecule has 0 bridgehead atoms. The first kappa shape index (κ1) is 13.8. The van der Waals surface area contributed by atoms with Gasteiger partial charge in [-0.2, -0.15) is 0 Å². The number of anilines is 1. The zero-order valence-electron chi connectivity index (χ0n) is 11.8. The van der Waals surface area contributed by atoms with Crippen LogP contribution in [0.15, 0.2) is 57.9 Å². The normalized spacial score (nSPS) is 10.4. The van der Waals surface area contributed by atoms with Crippen LogP contribution in [0.2, 0.25) is 0 Å². The summed E-state index contributed by atoms with van der Waals surface area (Å²) in [7, 11) is 1.49. The molecular weight excluding hydrogens is 284 g/mol. The highest BCUT2D eigenvalue weighted by molar-refractivity contribution is 6.04. The molecule has 110 valence electrons. The van der Waals surface area contributed by atoms with Crippen LogP contribution < -0.4 is 20.7 Å². The van der Waals surface area contributed by atoms with Crippen molar-refractivity contribution in [1.82, 2.24) is 0 Å². The summed E-state index contributed by atoms with van der Waals surface area (Å²) in [5.74, 6) is 0.386. The highest BCUT2D eigenvalue weighted by atomic mass is 16.5. The van der Waals surface area contributed by atoms with Crippen molar-refractivity contribution >= 4 is 22.7 Å². The van der Waals surface area contributed by atoms with Gasteiger partial charge in [0.2, 0.25) is 0 Å². The number of aromatic amines is 1. The predicted octanol–water partition coefficient (Wildman–Crippen LogP) is 1.87. The van der Waals surface area contributed by atoms with Gasteiger partial charge in [-0.05, 0) is 18.2 Å². The highest BCUT2D eigenvalue weighted by Crippen LogP contribution is 2.24. The van der Waals surface area contributed by atoms with Crippen molar-refractivity contribution in [3.05, 3.63) is 64.6 Å². The summed E-state index contributed by atoms with van der Waals surface area (Å²) in [6.07, 6.45) is 1.67. The standard InChI is InChI=1S/C16H12N2O4/c1-21-12-6-4-5-10-9-11(16(20)22-14(10)12)15(19)18-13-7-2-3-8-17-13/h2-9H,1H3,(H,17,18,19)/p+1. The lowest BCUT2D eigenvalue weighted by molar-refractivity contribution is -0.360. The zero-order chi connectivity index (χ0) is 15.5. The van der Waals surface area contributed by atoms with Gasteiger partial charge < -0.3 is 9.15 Å². The first-order valence-corrected chi connectivity index (χ1v) is 6.58. The van der Waals surface area contributed by atoms with Gasteiger partial charge in [0.15, 0.2) is 16.9 Å². The molecule has 0 spiro atoms. The summed E-state index contributed by atoms with van der Waals surface area (Å²) in [6, 6.07) is 11.9. The fourth-order valence-electron chi connectivity index (χ4n) is 2.10. The summed E-state index contributed by atoms with van der Waals surface area (Å²) in [6.45, 7) is 0. The second kappa shape index (κ2) is 5.69. The molecule has 0 radical (unpaired) electrons. The van der Waals surface area contributed by atoms with Gasteiger partial charge in [-0.15, -0.1) is 0 Å². The Kier molecular flexibility index (Phi) is 3.57. The molecule has 22 heavy (non-hydrogen) atoms. The number of amides is 1. The Morgan fingerprint density at radius 1 is 1.23 bits per heavy atom. The number of methoxy groups -OCH3 is 1. The number of fused-ring (bicyclic) bond motifs is 1. The monoisotopic (exact) mass is 297 g/mol. The number of rotatable bonds is 3. The van der Waals surface area contributed by atoms with Gasteiger partial charge in [-0.25, -0.2) is 19.9 Å². The molecule has 0 atom stereocenters. The molecule has 2 N–H and O–H groups in total. The van der Waals surface area contributed by atoms with E-state index in [0.717, 1.165) is 0 Å². The molecular formula is C16H13N2O4+. The van der Waals surface area contributed by atoms with Crippen LogP contribution in [-0.2, 0) is 0 Å². The summed E-state index contributed by atoms with van der Waals surface area (Å²) < 4.78 is 10.4. The quantitative estimate of drug-likeness (QED) is 0.748. The van der Waals surface area contributed by atoms with Crippen molar-refractivity contribution in [2.45, 2.75) is 0 Å². The van der Waals surface area contributed by atoms with Crippen LogP contribution in [0.4, 0.5) is 5.82 Å². The highest BCUT2D eigenvalue weighted by Gasteiger charge is 2.19. The molecule has 1 amide bonds.